The third-order valence-corrected chi connectivity index (χ3v) is 14.0. The number of alkyl halides is 6. The lowest BCUT2D eigenvalue weighted by atomic mass is 9.85. The van der Waals surface area contributed by atoms with Crippen LogP contribution in [0.5, 0.6) is 11.6 Å². The predicted octanol–water partition coefficient (Wildman–Crippen LogP) is 8.45. The zero-order valence-corrected chi connectivity index (χ0v) is 38.8. The molecule has 2 aromatic carbocycles. The number of rotatable bonds is 13. The molecule has 65 heavy (non-hydrogen) atoms. The van der Waals surface area contributed by atoms with Crippen LogP contribution in [0.3, 0.4) is 0 Å². The summed E-state index contributed by atoms with van der Waals surface area (Å²) in [5, 5.41) is 7.54. The smallest absolute Gasteiger partial charge is 0.417 e. The van der Waals surface area contributed by atoms with Crippen molar-refractivity contribution in [1.29, 1.82) is 0 Å². The van der Waals surface area contributed by atoms with Crippen molar-refractivity contribution in [3.63, 3.8) is 0 Å². The fraction of sp³-hybridized carbons (Fsp3) is 0.439. The molecule has 0 unspecified atom stereocenters. The molecule has 3 aliphatic rings. The molecule has 13 nitrogen and oxygen atoms in total. The van der Waals surface area contributed by atoms with Gasteiger partial charge < -0.3 is 25.0 Å². The first-order chi connectivity index (χ1) is 29.4. The first-order valence-electron chi connectivity index (χ1n) is 19.5. The average molecular weight is 1020 g/mol. The first-order valence-corrected chi connectivity index (χ1v) is 22.3. The van der Waals surface area contributed by atoms with Crippen molar-refractivity contribution in [3.05, 3.63) is 76.8 Å². The van der Waals surface area contributed by atoms with Gasteiger partial charge in [0.05, 0.1) is 41.9 Å². The number of nitrogens with one attached hydrogen (secondary N) is 3. The van der Waals surface area contributed by atoms with E-state index in [-0.39, 0.29) is 67.0 Å². The Morgan fingerprint density at radius 3 is 2.31 bits per heavy atom. The van der Waals surface area contributed by atoms with Crippen molar-refractivity contribution < 1.29 is 58.6 Å². The number of carbonyl (C=O) groups is 3. The highest BCUT2D eigenvalue weighted by Crippen LogP contribution is 2.46. The molecular formula is C41H43Cl3F6N6O7S2. The zero-order valence-electron chi connectivity index (χ0n) is 34.8. The van der Waals surface area contributed by atoms with Gasteiger partial charge in [0.2, 0.25) is 27.7 Å². The molecule has 354 valence electrons. The summed E-state index contributed by atoms with van der Waals surface area (Å²) in [5.41, 5.74) is -6.64. The number of benzene rings is 2. The molecule has 4 aromatic rings. The van der Waals surface area contributed by atoms with E-state index >= 15 is 0 Å². The Morgan fingerprint density at radius 1 is 1.03 bits per heavy atom. The van der Waals surface area contributed by atoms with Gasteiger partial charge in [-0.2, -0.15) is 26.3 Å². The summed E-state index contributed by atoms with van der Waals surface area (Å²) < 4.78 is 122. The van der Waals surface area contributed by atoms with Gasteiger partial charge in [0.1, 0.15) is 29.5 Å². The molecule has 0 radical (unpaired) electrons. The molecule has 3 heterocycles. The minimum atomic E-state index is -5.17. The van der Waals surface area contributed by atoms with Crippen LogP contribution in [-0.2, 0) is 36.8 Å². The number of hydrogen-bond acceptors (Lipinski definition) is 11. The Balaban J connectivity index is 0.00000397. The molecule has 0 bridgehead atoms. The molecule has 2 saturated carbocycles. The summed E-state index contributed by atoms with van der Waals surface area (Å²) in [6, 6.07) is 3.61. The summed E-state index contributed by atoms with van der Waals surface area (Å²) in [6.45, 7) is 8.57. The van der Waals surface area contributed by atoms with Gasteiger partial charge in [0.25, 0.3) is 5.91 Å². The SMILES string of the molecule is C=C[C@@H]1C[C@]1(NC(=O)[C@@H]1C[C@@H](Oc2ncc(OC)c3ccc(Cl)cc23)CN1C(=O)[C@@H](Nc1nc(-c2ccc(C(F)(F)F)cc2C(F)(F)F)cs1)C(C)(C)C)C(=O)NS(=O)(=O)C1CC1.Cl.Cl. The fourth-order valence-electron chi connectivity index (χ4n) is 7.55. The number of ether oxygens (including phenoxy) is 2. The van der Waals surface area contributed by atoms with Gasteiger partial charge in [-0.25, -0.2) is 18.4 Å². The van der Waals surface area contributed by atoms with Gasteiger partial charge in [0.15, 0.2) is 5.13 Å². The van der Waals surface area contributed by atoms with Gasteiger partial charge in [-0.05, 0) is 55.0 Å². The van der Waals surface area contributed by atoms with Gasteiger partial charge >= 0.3 is 12.4 Å². The largest absolute Gasteiger partial charge is 0.494 e. The molecule has 7 rings (SSSR count). The van der Waals surface area contributed by atoms with Crippen LogP contribution in [-0.4, -0.2) is 83.6 Å². The Hall–Kier alpha value is -4.57. The summed E-state index contributed by atoms with van der Waals surface area (Å²) in [5.74, 6) is -2.56. The van der Waals surface area contributed by atoms with E-state index in [2.05, 4.69) is 31.9 Å². The van der Waals surface area contributed by atoms with Crippen molar-refractivity contribution in [2.45, 2.75) is 87.8 Å². The van der Waals surface area contributed by atoms with E-state index in [0.717, 1.165) is 11.3 Å². The number of likely N-dealkylation sites (tertiary alicyclic amines) is 1. The fourth-order valence-corrected chi connectivity index (χ4v) is 9.83. The number of sulfonamides is 1. The van der Waals surface area contributed by atoms with Gasteiger partial charge in [-0.3, -0.25) is 19.1 Å². The average Bonchev–Trinajstić information content (AvgIpc) is 4.09. The van der Waals surface area contributed by atoms with Crippen LogP contribution in [0.2, 0.25) is 5.02 Å². The minimum Gasteiger partial charge on any atom is -0.494 e. The lowest BCUT2D eigenvalue weighted by Crippen LogP contribution is -2.58. The van der Waals surface area contributed by atoms with Gasteiger partial charge in [0, 0.05) is 39.1 Å². The van der Waals surface area contributed by atoms with E-state index in [4.69, 9.17) is 21.1 Å². The van der Waals surface area contributed by atoms with Crippen molar-refractivity contribution >= 4 is 91.4 Å². The van der Waals surface area contributed by atoms with E-state index in [0.29, 0.717) is 46.5 Å². The maximum atomic E-state index is 14.9. The quantitative estimate of drug-likeness (QED) is 0.0873. The topological polar surface area (TPSA) is 169 Å². The van der Waals surface area contributed by atoms with Crippen LogP contribution in [0.4, 0.5) is 31.5 Å². The van der Waals surface area contributed by atoms with Gasteiger partial charge in [-0.1, -0.05) is 44.5 Å². The molecular weight excluding hydrogens is 973 g/mol. The van der Waals surface area contributed by atoms with Crippen molar-refractivity contribution in [2.24, 2.45) is 11.3 Å². The Labute approximate surface area is 390 Å². The Bertz CT molecular complexity index is 2610. The summed E-state index contributed by atoms with van der Waals surface area (Å²) in [4.78, 5) is 52.8. The molecule has 3 amide bonds. The summed E-state index contributed by atoms with van der Waals surface area (Å²) in [7, 11) is -2.55. The molecule has 0 spiro atoms. The van der Waals surface area contributed by atoms with E-state index in [9.17, 15) is 49.1 Å². The minimum absolute atomic E-state index is 0. The molecule has 2 aromatic heterocycles. The lowest BCUT2D eigenvalue weighted by Gasteiger charge is -2.35. The number of methoxy groups -OCH3 is 1. The highest BCUT2D eigenvalue weighted by atomic mass is 35.5. The molecule has 3 fully saturated rings. The number of anilines is 1. The molecule has 1 aliphatic heterocycles. The van der Waals surface area contributed by atoms with E-state index in [1.54, 1.807) is 39.0 Å². The van der Waals surface area contributed by atoms with Crippen molar-refractivity contribution in [2.75, 3.05) is 19.0 Å². The maximum Gasteiger partial charge on any atom is 0.417 e. The van der Waals surface area contributed by atoms with E-state index < -0.39 is 97.1 Å². The van der Waals surface area contributed by atoms with Crippen LogP contribution in [0.1, 0.15) is 57.6 Å². The number of amides is 3. The number of hydrogen-bond donors (Lipinski definition) is 3. The number of thiazole rings is 1. The second-order valence-corrected chi connectivity index (χ2v) is 20.0. The van der Waals surface area contributed by atoms with Crippen LogP contribution < -0.4 is 24.8 Å². The number of aromatic nitrogens is 2. The first kappa shape index (κ1) is 51.4. The monoisotopic (exact) mass is 1010 g/mol. The number of fused-ring (bicyclic) bond motifs is 1. The van der Waals surface area contributed by atoms with E-state index in [1.807, 2.05) is 0 Å². The third-order valence-electron chi connectivity index (χ3n) is 11.2. The molecule has 3 N–H and O–H groups in total. The predicted molar refractivity (Wildman–Crippen MR) is 236 cm³/mol. The number of halogens is 9. The number of carbonyl (C=O) groups excluding carboxylic acids is 3. The summed E-state index contributed by atoms with van der Waals surface area (Å²) >= 11 is 7.14. The van der Waals surface area contributed by atoms with Crippen LogP contribution in [0.25, 0.3) is 22.0 Å². The number of pyridine rings is 1. The Kier molecular flexibility index (Phi) is 14.7. The van der Waals surface area contributed by atoms with E-state index in [1.165, 1.54) is 29.7 Å². The second-order valence-electron chi connectivity index (χ2n) is 16.7. The second kappa shape index (κ2) is 18.6. The molecule has 5 atom stereocenters. The van der Waals surface area contributed by atoms with Crippen LogP contribution in [0.15, 0.2) is 60.6 Å². The van der Waals surface area contributed by atoms with Crippen molar-refractivity contribution in [1.82, 2.24) is 24.9 Å². The maximum absolute atomic E-state index is 14.9. The highest BCUT2D eigenvalue weighted by Gasteiger charge is 2.62. The highest BCUT2D eigenvalue weighted by molar-refractivity contribution is 7.91. The molecule has 1 saturated heterocycles. The van der Waals surface area contributed by atoms with Gasteiger partial charge in [-0.15, -0.1) is 42.7 Å². The zero-order chi connectivity index (χ0) is 46.0. The molecule has 2 aliphatic carbocycles. The standard InChI is InChI=1S/C41H41ClF6N6O7S2.2ClH/c1-6-20-16-39(20,36(57)53-63(58,59)24-9-10-24)52-33(55)30-15-23(61-34-27-14-22(42)8-12-25(27)31(60-5)17-49-34)18-54(30)35(56)32(38(2,3)4)51-37-50-29(19-62-37)26-11-7-21(40(43,44)45)13-28(26)41(46,47)48;;/h6-8,11-14,17,19-20,23-24,30,32H,1,9-10,15-16,18H2,2-5H3,(H,50,51)(H,52,55)(H,53,57);2*1H/t20-,23-,30+,32-,39-;;/m1../s1. The third kappa shape index (κ3) is 10.7. The normalized spacial score (nSPS) is 21.3. The molecule has 24 heteroatoms. The van der Waals surface area contributed by atoms with Crippen molar-refractivity contribution in [3.8, 4) is 22.9 Å². The van der Waals surface area contributed by atoms with Crippen LogP contribution in [0, 0.1) is 11.3 Å². The number of nitrogens with zero attached hydrogens (tertiary/aromatic N) is 3. The van der Waals surface area contributed by atoms with Crippen LogP contribution >= 0.6 is 47.8 Å². The lowest BCUT2D eigenvalue weighted by molar-refractivity contribution is -0.143. The summed E-state index contributed by atoms with van der Waals surface area (Å²) in [6.07, 6.45) is -7.61. The Morgan fingerprint density at radius 2 is 1.72 bits per heavy atom.